The van der Waals surface area contributed by atoms with Crippen LogP contribution in [0, 0.1) is 21.3 Å². The Bertz CT molecular complexity index is 456. The van der Waals surface area contributed by atoms with Crippen LogP contribution in [0.15, 0.2) is 18.2 Å². The molecule has 0 aliphatic heterocycles. The van der Waals surface area contributed by atoms with Gasteiger partial charge in [0, 0.05) is 18.7 Å². The molecule has 18 heavy (non-hydrogen) atoms. The van der Waals surface area contributed by atoms with E-state index in [4.69, 9.17) is 0 Å². The monoisotopic (exact) mass is 252 g/mol. The van der Waals surface area contributed by atoms with Gasteiger partial charge in [0.25, 0.3) is 5.69 Å². The third-order valence-electron chi connectivity index (χ3n) is 3.67. The lowest BCUT2D eigenvalue weighted by atomic mass is 9.89. The smallest absolute Gasteiger partial charge is 0.292 e. The molecule has 0 spiro atoms. The number of benzene rings is 1. The van der Waals surface area contributed by atoms with Gasteiger partial charge >= 0.3 is 0 Å². The van der Waals surface area contributed by atoms with Gasteiger partial charge in [-0.3, -0.25) is 10.1 Å². The van der Waals surface area contributed by atoms with Crippen LogP contribution in [0.4, 0.5) is 15.8 Å². The molecule has 0 unspecified atom stereocenters. The van der Waals surface area contributed by atoms with Crippen molar-refractivity contribution in [1.29, 1.82) is 0 Å². The highest BCUT2D eigenvalue weighted by molar-refractivity contribution is 5.61. The van der Waals surface area contributed by atoms with Crippen LogP contribution in [0.3, 0.4) is 0 Å². The Labute approximate surface area is 105 Å². The van der Waals surface area contributed by atoms with E-state index in [0.717, 1.165) is 18.9 Å². The number of hydrogen-bond donors (Lipinski definition) is 1. The second-order valence-electron chi connectivity index (χ2n) is 5.29. The predicted octanol–water partition coefficient (Wildman–Crippen LogP) is 3.73. The average molecular weight is 252 g/mol. The normalized spacial score (nSPS) is 17.7. The van der Waals surface area contributed by atoms with E-state index >= 15 is 0 Å². The van der Waals surface area contributed by atoms with Crippen molar-refractivity contribution in [1.82, 2.24) is 0 Å². The van der Waals surface area contributed by atoms with Crippen molar-refractivity contribution in [3.63, 3.8) is 0 Å². The first-order valence-electron chi connectivity index (χ1n) is 6.18. The van der Waals surface area contributed by atoms with Crippen LogP contribution < -0.4 is 5.32 Å². The van der Waals surface area contributed by atoms with Crippen molar-refractivity contribution in [3.05, 3.63) is 34.1 Å². The van der Waals surface area contributed by atoms with Gasteiger partial charge in [0.15, 0.2) is 0 Å². The van der Waals surface area contributed by atoms with Gasteiger partial charge in [-0.2, -0.15) is 0 Å². The summed E-state index contributed by atoms with van der Waals surface area (Å²) in [6.45, 7) is 2.81. The third kappa shape index (κ3) is 2.78. The molecule has 98 valence electrons. The van der Waals surface area contributed by atoms with Crippen LogP contribution in [-0.4, -0.2) is 11.5 Å². The Morgan fingerprint density at radius 2 is 2.11 bits per heavy atom. The van der Waals surface area contributed by atoms with Crippen LogP contribution in [0.1, 0.15) is 32.6 Å². The number of hydrogen-bond acceptors (Lipinski definition) is 3. The number of nitrogens with zero attached hydrogens (tertiary/aromatic N) is 1. The Hall–Kier alpha value is -1.65. The minimum atomic E-state index is -0.487. The average Bonchev–Trinajstić information content (AvgIpc) is 2.74. The fourth-order valence-electron chi connectivity index (χ4n) is 2.52. The molecule has 0 atom stereocenters. The highest BCUT2D eigenvalue weighted by Crippen LogP contribution is 2.38. The van der Waals surface area contributed by atoms with Crippen molar-refractivity contribution in [2.75, 3.05) is 11.9 Å². The Morgan fingerprint density at radius 3 is 2.72 bits per heavy atom. The zero-order chi connectivity index (χ0) is 13.2. The predicted molar refractivity (Wildman–Crippen MR) is 68.1 cm³/mol. The van der Waals surface area contributed by atoms with Gasteiger partial charge in [0.05, 0.1) is 4.92 Å². The maximum absolute atomic E-state index is 13.1. The molecule has 1 aliphatic rings. The van der Waals surface area contributed by atoms with Crippen molar-refractivity contribution >= 4 is 11.4 Å². The molecule has 0 saturated heterocycles. The van der Waals surface area contributed by atoms with Crippen molar-refractivity contribution in [2.24, 2.45) is 5.41 Å². The summed E-state index contributed by atoms with van der Waals surface area (Å²) in [5, 5.41) is 13.9. The highest BCUT2D eigenvalue weighted by Gasteiger charge is 2.29. The first-order chi connectivity index (χ1) is 8.50. The maximum Gasteiger partial charge on any atom is 0.292 e. The molecule has 0 aromatic heterocycles. The SMILES string of the molecule is CC1(CNc2cc(F)ccc2[N+](=O)[O-])CCCC1. The lowest BCUT2D eigenvalue weighted by Crippen LogP contribution is -2.23. The molecule has 5 heteroatoms. The molecule has 0 heterocycles. The topological polar surface area (TPSA) is 55.2 Å². The van der Waals surface area contributed by atoms with Crippen molar-refractivity contribution < 1.29 is 9.31 Å². The molecule has 1 N–H and O–H groups in total. The fourth-order valence-corrected chi connectivity index (χ4v) is 2.52. The Kier molecular flexibility index (Phi) is 3.50. The molecule has 0 radical (unpaired) electrons. The van der Waals surface area contributed by atoms with Gasteiger partial charge in [-0.25, -0.2) is 4.39 Å². The molecule has 0 amide bonds. The number of rotatable bonds is 4. The third-order valence-corrected chi connectivity index (χ3v) is 3.67. The quantitative estimate of drug-likeness (QED) is 0.656. The molecular formula is C13H17FN2O2. The number of anilines is 1. The zero-order valence-electron chi connectivity index (χ0n) is 10.4. The summed E-state index contributed by atoms with van der Waals surface area (Å²) < 4.78 is 13.1. The van der Waals surface area contributed by atoms with Crippen LogP contribution in [-0.2, 0) is 0 Å². The lowest BCUT2D eigenvalue weighted by molar-refractivity contribution is -0.384. The minimum Gasteiger partial charge on any atom is -0.379 e. The van der Waals surface area contributed by atoms with E-state index < -0.39 is 10.7 Å². The van der Waals surface area contributed by atoms with Gasteiger partial charge in [-0.05, 0) is 24.3 Å². The summed E-state index contributed by atoms with van der Waals surface area (Å²) in [5.41, 5.74) is 0.367. The first-order valence-corrected chi connectivity index (χ1v) is 6.18. The van der Waals surface area contributed by atoms with Gasteiger partial charge < -0.3 is 5.32 Å². The molecule has 4 nitrogen and oxygen atoms in total. The number of nitro groups is 1. The molecule has 0 bridgehead atoms. The van der Waals surface area contributed by atoms with Gasteiger partial charge in [0.2, 0.25) is 0 Å². The van der Waals surface area contributed by atoms with Crippen molar-refractivity contribution in [3.8, 4) is 0 Å². The van der Waals surface area contributed by atoms with Gasteiger partial charge in [0.1, 0.15) is 11.5 Å². The molecule has 1 fully saturated rings. The highest BCUT2D eigenvalue weighted by atomic mass is 19.1. The number of nitro benzene ring substituents is 1. The minimum absolute atomic E-state index is 0.0713. The van der Waals surface area contributed by atoms with Crippen LogP contribution in [0.2, 0.25) is 0 Å². The molecule has 1 aromatic rings. The van der Waals surface area contributed by atoms with E-state index in [0.29, 0.717) is 6.54 Å². The van der Waals surface area contributed by atoms with E-state index in [9.17, 15) is 14.5 Å². The molecule has 1 aliphatic carbocycles. The molecule has 1 saturated carbocycles. The lowest BCUT2D eigenvalue weighted by Gasteiger charge is -2.24. The molecule has 2 rings (SSSR count). The standard InChI is InChI=1S/C13H17FN2O2/c1-13(6-2-3-7-13)9-15-11-8-10(14)4-5-12(11)16(17)18/h4-5,8,15H,2-3,6-7,9H2,1H3. The van der Waals surface area contributed by atoms with E-state index in [1.54, 1.807) is 0 Å². The number of halogens is 1. The summed E-state index contributed by atoms with van der Waals surface area (Å²) in [5.74, 6) is -0.459. The maximum atomic E-state index is 13.1. The van der Waals surface area contributed by atoms with E-state index in [1.165, 1.54) is 25.0 Å². The molecule has 1 aromatic carbocycles. The zero-order valence-corrected chi connectivity index (χ0v) is 10.4. The van der Waals surface area contributed by atoms with Crippen LogP contribution >= 0.6 is 0 Å². The van der Waals surface area contributed by atoms with Crippen LogP contribution in [0.5, 0.6) is 0 Å². The summed E-state index contributed by atoms with van der Waals surface area (Å²) in [6, 6.07) is 3.51. The summed E-state index contributed by atoms with van der Waals surface area (Å²) in [7, 11) is 0. The van der Waals surface area contributed by atoms with Crippen molar-refractivity contribution in [2.45, 2.75) is 32.6 Å². The summed E-state index contributed by atoms with van der Waals surface area (Å²) in [6.07, 6.45) is 4.62. The second kappa shape index (κ2) is 4.92. The Morgan fingerprint density at radius 1 is 1.44 bits per heavy atom. The summed E-state index contributed by atoms with van der Waals surface area (Å²) >= 11 is 0. The van der Waals surface area contributed by atoms with E-state index in [-0.39, 0.29) is 16.8 Å². The van der Waals surface area contributed by atoms with E-state index in [1.807, 2.05) is 0 Å². The fraction of sp³-hybridized carbons (Fsp3) is 0.538. The first kappa shape index (κ1) is 12.8. The largest absolute Gasteiger partial charge is 0.379 e. The van der Waals surface area contributed by atoms with E-state index in [2.05, 4.69) is 12.2 Å². The van der Waals surface area contributed by atoms with Crippen LogP contribution in [0.25, 0.3) is 0 Å². The van der Waals surface area contributed by atoms with Gasteiger partial charge in [-0.1, -0.05) is 19.8 Å². The Balaban J connectivity index is 2.12. The summed E-state index contributed by atoms with van der Waals surface area (Å²) in [4.78, 5) is 10.4. The molecular weight excluding hydrogens is 235 g/mol. The second-order valence-corrected chi connectivity index (χ2v) is 5.29. The van der Waals surface area contributed by atoms with Gasteiger partial charge in [-0.15, -0.1) is 0 Å². The number of nitrogens with one attached hydrogen (secondary N) is 1.